The van der Waals surface area contributed by atoms with E-state index in [0.29, 0.717) is 19.0 Å². The fraction of sp³-hybridized carbons (Fsp3) is 0.769. The Labute approximate surface area is 120 Å². The van der Waals surface area contributed by atoms with Crippen LogP contribution in [-0.4, -0.2) is 54.0 Å². The molecule has 0 radical (unpaired) electrons. The van der Waals surface area contributed by atoms with Crippen LogP contribution in [-0.2, 0) is 9.84 Å². The zero-order chi connectivity index (χ0) is 14.9. The highest BCUT2D eigenvalue weighted by atomic mass is 32.2. The minimum atomic E-state index is -2.88. The van der Waals surface area contributed by atoms with Gasteiger partial charge in [0.1, 0.15) is 0 Å². The van der Waals surface area contributed by atoms with Crippen molar-refractivity contribution in [3.8, 4) is 0 Å². The van der Waals surface area contributed by atoms with Gasteiger partial charge in [-0.25, -0.2) is 13.4 Å². The number of aromatic nitrogens is 2. The number of likely N-dealkylation sites (N-methyl/N-ethyl adjacent to an activating group) is 1. The fourth-order valence-electron chi connectivity index (χ4n) is 2.85. The van der Waals surface area contributed by atoms with Crippen LogP contribution in [0.2, 0.25) is 0 Å². The third-order valence-corrected chi connectivity index (χ3v) is 5.84. The number of nitrogens with zero attached hydrogens (tertiary/aromatic N) is 3. The lowest BCUT2D eigenvalue weighted by Gasteiger charge is -2.32. The minimum absolute atomic E-state index is 0.00167. The highest BCUT2D eigenvalue weighted by molar-refractivity contribution is 7.91. The molecule has 0 saturated carbocycles. The van der Waals surface area contributed by atoms with Crippen molar-refractivity contribution in [3.05, 3.63) is 18.2 Å². The van der Waals surface area contributed by atoms with Gasteiger partial charge in [0.2, 0.25) is 0 Å². The summed E-state index contributed by atoms with van der Waals surface area (Å²) in [5.41, 5.74) is 6.99. The average molecular weight is 300 g/mol. The maximum atomic E-state index is 11.6. The lowest BCUT2D eigenvalue weighted by molar-refractivity contribution is 0.184. The summed E-state index contributed by atoms with van der Waals surface area (Å²) in [5, 5.41) is 0. The smallest absolute Gasteiger partial charge is 0.151 e. The van der Waals surface area contributed by atoms with E-state index in [1.165, 1.54) is 0 Å². The van der Waals surface area contributed by atoms with Crippen molar-refractivity contribution >= 4 is 9.84 Å². The molecule has 7 heteroatoms. The molecule has 2 heterocycles. The van der Waals surface area contributed by atoms with Crippen molar-refractivity contribution in [2.75, 3.05) is 25.1 Å². The molecule has 2 N–H and O–H groups in total. The quantitative estimate of drug-likeness (QED) is 0.860. The fourth-order valence-corrected chi connectivity index (χ4v) is 4.64. The van der Waals surface area contributed by atoms with Crippen LogP contribution in [0.25, 0.3) is 0 Å². The Bertz CT molecular complexity index is 552. The number of sulfone groups is 1. The SMILES string of the molecule is CC(C)n1cncc1C(CN)N(C)C1CCS(=O)(=O)C1. The molecule has 2 atom stereocenters. The van der Waals surface area contributed by atoms with Crippen LogP contribution in [0, 0.1) is 0 Å². The predicted octanol–water partition coefficient (Wildman–Crippen LogP) is 0.583. The molecule has 1 fully saturated rings. The molecule has 0 amide bonds. The lowest BCUT2D eigenvalue weighted by atomic mass is 10.1. The van der Waals surface area contributed by atoms with Crippen molar-refractivity contribution in [1.82, 2.24) is 14.5 Å². The highest BCUT2D eigenvalue weighted by Crippen LogP contribution is 2.27. The van der Waals surface area contributed by atoms with Crippen molar-refractivity contribution in [2.24, 2.45) is 5.73 Å². The van der Waals surface area contributed by atoms with Crippen LogP contribution in [0.1, 0.15) is 38.0 Å². The van der Waals surface area contributed by atoms with Crippen molar-refractivity contribution in [3.63, 3.8) is 0 Å². The molecule has 2 unspecified atom stereocenters. The summed E-state index contributed by atoms with van der Waals surface area (Å²) in [4.78, 5) is 6.31. The summed E-state index contributed by atoms with van der Waals surface area (Å²) in [7, 11) is -0.923. The van der Waals surface area contributed by atoms with Gasteiger partial charge >= 0.3 is 0 Å². The second-order valence-corrected chi connectivity index (χ2v) is 8.02. The Balaban J connectivity index is 2.22. The lowest BCUT2D eigenvalue weighted by Crippen LogP contribution is -2.40. The zero-order valence-electron chi connectivity index (χ0n) is 12.4. The first-order chi connectivity index (χ1) is 9.35. The molecule has 2 rings (SSSR count). The summed E-state index contributed by atoms with van der Waals surface area (Å²) >= 11 is 0. The molecule has 1 saturated heterocycles. The van der Waals surface area contributed by atoms with Crippen LogP contribution in [0.3, 0.4) is 0 Å². The summed E-state index contributed by atoms with van der Waals surface area (Å²) in [6, 6.07) is 0.351. The minimum Gasteiger partial charge on any atom is -0.331 e. The zero-order valence-corrected chi connectivity index (χ0v) is 13.2. The molecule has 114 valence electrons. The monoisotopic (exact) mass is 300 g/mol. The third-order valence-electron chi connectivity index (χ3n) is 4.09. The molecular weight excluding hydrogens is 276 g/mol. The highest BCUT2D eigenvalue weighted by Gasteiger charge is 2.34. The van der Waals surface area contributed by atoms with Crippen molar-refractivity contribution in [1.29, 1.82) is 0 Å². The average Bonchev–Trinajstić information content (AvgIpc) is 2.96. The van der Waals surface area contributed by atoms with E-state index in [9.17, 15) is 8.42 Å². The van der Waals surface area contributed by atoms with Crippen molar-refractivity contribution in [2.45, 2.75) is 38.4 Å². The molecule has 6 nitrogen and oxygen atoms in total. The summed E-state index contributed by atoms with van der Waals surface area (Å²) in [6.07, 6.45) is 4.32. The van der Waals surface area contributed by atoms with Gasteiger partial charge in [-0.3, -0.25) is 4.90 Å². The van der Waals surface area contributed by atoms with Gasteiger partial charge in [-0.15, -0.1) is 0 Å². The van der Waals surface area contributed by atoms with Crippen LogP contribution >= 0.6 is 0 Å². The molecule has 0 bridgehead atoms. The van der Waals surface area contributed by atoms with Gasteiger partial charge < -0.3 is 10.3 Å². The second kappa shape index (κ2) is 5.83. The van der Waals surface area contributed by atoms with Gasteiger partial charge in [-0.1, -0.05) is 0 Å². The number of hydrogen-bond acceptors (Lipinski definition) is 5. The molecule has 1 aromatic heterocycles. The number of imidazole rings is 1. The molecule has 1 aromatic rings. The normalized spacial score (nSPS) is 23.6. The summed E-state index contributed by atoms with van der Waals surface area (Å²) in [6.45, 7) is 4.64. The molecule has 0 aliphatic carbocycles. The van der Waals surface area contributed by atoms with E-state index < -0.39 is 9.84 Å². The third kappa shape index (κ3) is 3.05. The number of rotatable bonds is 5. The first kappa shape index (κ1) is 15.5. The van der Waals surface area contributed by atoms with Crippen molar-refractivity contribution < 1.29 is 8.42 Å². The van der Waals surface area contributed by atoms with E-state index in [0.717, 1.165) is 5.69 Å². The molecule has 1 aliphatic heterocycles. The Kier molecular flexibility index (Phi) is 4.51. The van der Waals surface area contributed by atoms with Gasteiger partial charge in [0, 0.05) is 24.8 Å². The van der Waals surface area contributed by atoms with Gasteiger partial charge in [0.15, 0.2) is 9.84 Å². The maximum Gasteiger partial charge on any atom is 0.151 e. The van der Waals surface area contributed by atoms with E-state index in [1.54, 1.807) is 0 Å². The summed E-state index contributed by atoms with van der Waals surface area (Å²) in [5.74, 6) is 0.512. The van der Waals surface area contributed by atoms with E-state index in [-0.39, 0.29) is 23.6 Å². The van der Waals surface area contributed by atoms with E-state index >= 15 is 0 Å². The van der Waals surface area contributed by atoms with Crippen LogP contribution < -0.4 is 5.73 Å². The maximum absolute atomic E-state index is 11.6. The number of nitrogens with two attached hydrogens (primary N) is 1. The van der Waals surface area contributed by atoms with E-state index in [2.05, 4.69) is 28.3 Å². The Morgan fingerprint density at radius 1 is 1.55 bits per heavy atom. The Hall–Kier alpha value is -0.920. The van der Waals surface area contributed by atoms with Gasteiger partial charge in [0.05, 0.1) is 29.6 Å². The number of hydrogen-bond donors (Lipinski definition) is 1. The van der Waals surface area contributed by atoms with Crippen LogP contribution in [0.5, 0.6) is 0 Å². The first-order valence-corrected chi connectivity index (χ1v) is 8.82. The van der Waals surface area contributed by atoms with Crippen LogP contribution in [0.15, 0.2) is 12.5 Å². The Morgan fingerprint density at radius 3 is 2.75 bits per heavy atom. The molecule has 1 aliphatic rings. The standard InChI is InChI=1S/C13H24N4O2S/c1-10(2)17-9-15-7-13(17)12(6-14)16(3)11-4-5-20(18,19)8-11/h7,9-12H,4-6,8,14H2,1-3H3. The molecule has 20 heavy (non-hydrogen) atoms. The van der Waals surface area contributed by atoms with E-state index in [4.69, 9.17) is 5.73 Å². The summed E-state index contributed by atoms with van der Waals surface area (Å²) < 4.78 is 25.4. The van der Waals surface area contributed by atoms with E-state index in [1.807, 2.05) is 19.6 Å². The largest absolute Gasteiger partial charge is 0.331 e. The Morgan fingerprint density at radius 2 is 2.25 bits per heavy atom. The van der Waals surface area contributed by atoms with Gasteiger partial charge in [-0.2, -0.15) is 0 Å². The molecule has 0 spiro atoms. The van der Waals surface area contributed by atoms with Crippen LogP contribution in [0.4, 0.5) is 0 Å². The van der Waals surface area contributed by atoms with Gasteiger partial charge in [-0.05, 0) is 27.3 Å². The first-order valence-electron chi connectivity index (χ1n) is 7.00. The van der Waals surface area contributed by atoms with Gasteiger partial charge in [0.25, 0.3) is 0 Å². The molecule has 0 aromatic carbocycles. The molecular formula is C13H24N4O2S. The predicted molar refractivity (Wildman–Crippen MR) is 79.2 cm³/mol. The topological polar surface area (TPSA) is 81.2 Å². The second-order valence-electron chi connectivity index (χ2n) is 5.79.